The van der Waals surface area contributed by atoms with E-state index in [0.29, 0.717) is 5.92 Å². The SMILES string of the molecule is CCC=CCCCCCCCCCCC(C#N)CCCCCCC. The van der Waals surface area contributed by atoms with Crippen LogP contribution in [0.1, 0.15) is 123 Å². The van der Waals surface area contributed by atoms with Crippen LogP contribution in [0.4, 0.5) is 0 Å². The lowest BCUT2D eigenvalue weighted by Gasteiger charge is -2.08. The van der Waals surface area contributed by atoms with Crippen molar-refractivity contribution in [2.45, 2.75) is 123 Å². The molecule has 0 aliphatic carbocycles. The number of hydrogen-bond donors (Lipinski definition) is 0. The van der Waals surface area contributed by atoms with Crippen molar-refractivity contribution in [1.29, 1.82) is 5.26 Å². The van der Waals surface area contributed by atoms with E-state index < -0.39 is 0 Å². The average molecular weight is 334 g/mol. The van der Waals surface area contributed by atoms with Crippen molar-refractivity contribution >= 4 is 0 Å². The molecule has 1 atom stereocenters. The predicted octanol–water partition coefficient (Wildman–Crippen LogP) is 8.35. The number of hydrogen-bond acceptors (Lipinski definition) is 1. The van der Waals surface area contributed by atoms with Crippen LogP contribution in [0.15, 0.2) is 12.2 Å². The molecule has 24 heavy (non-hydrogen) atoms. The summed E-state index contributed by atoms with van der Waals surface area (Å²) < 4.78 is 0. The lowest BCUT2D eigenvalue weighted by molar-refractivity contribution is 0.472. The number of rotatable bonds is 18. The van der Waals surface area contributed by atoms with Crippen LogP contribution in [0.3, 0.4) is 0 Å². The summed E-state index contributed by atoms with van der Waals surface area (Å²) in [5.41, 5.74) is 0. The van der Waals surface area contributed by atoms with Gasteiger partial charge in [0.25, 0.3) is 0 Å². The highest BCUT2D eigenvalue weighted by atomic mass is 14.3. The van der Waals surface area contributed by atoms with Crippen molar-refractivity contribution in [2.24, 2.45) is 5.92 Å². The minimum Gasteiger partial charge on any atom is -0.198 e. The molecular weight excluding hydrogens is 290 g/mol. The molecule has 0 rings (SSSR count). The maximum Gasteiger partial charge on any atom is 0.0655 e. The molecule has 0 amide bonds. The van der Waals surface area contributed by atoms with E-state index in [2.05, 4.69) is 32.1 Å². The number of nitriles is 1. The van der Waals surface area contributed by atoms with E-state index in [9.17, 15) is 5.26 Å². The second kappa shape index (κ2) is 20.3. The minimum absolute atomic E-state index is 0.322. The maximum atomic E-state index is 9.25. The third kappa shape index (κ3) is 17.6. The molecule has 0 N–H and O–H groups in total. The third-order valence-corrected chi connectivity index (χ3v) is 4.91. The first-order chi connectivity index (χ1) is 11.8. The Balaban J connectivity index is 3.29. The van der Waals surface area contributed by atoms with Crippen molar-refractivity contribution in [2.75, 3.05) is 0 Å². The van der Waals surface area contributed by atoms with Crippen LogP contribution in [-0.4, -0.2) is 0 Å². The zero-order valence-electron chi connectivity index (χ0n) is 16.7. The quantitative estimate of drug-likeness (QED) is 0.182. The fourth-order valence-electron chi connectivity index (χ4n) is 3.27. The van der Waals surface area contributed by atoms with Gasteiger partial charge in [-0.3, -0.25) is 0 Å². The number of allylic oxidation sites excluding steroid dienone is 2. The van der Waals surface area contributed by atoms with E-state index in [-0.39, 0.29) is 0 Å². The molecule has 0 aliphatic heterocycles. The Labute approximate surface area is 152 Å². The van der Waals surface area contributed by atoms with Crippen molar-refractivity contribution in [3.63, 3.8) is 0 Å². The third-order valence-electron chi connectivity index (χ3n) is 4.91. The summed E-state index contributed by atoms with van der Waals surface area (Å²) >= 11 is 0. The molecule has 0 heterocycles. The van der Waals surface area contributed by atoms with Crippen LogP contribution in [0, 0.1) is 17.2 Å². The topological polar surface area (TPSA) is 23.8 Å². The largest absolute Gasteiger partial charge is 0.198 e. The van der Waals surface area contributed by atoms with Gasteiger partial charge >= 0.3 is 0 Å². The molecule has 1 unspecified atom stereocenters. The van der Waals surface area contributed by atoms with E-state index in [0.717, 1.165) is 12.8 Å². The molecular formula is C23H43N. The number of nitrogens with zero attached hydrogens (tertiary/aromatic N) is 1. The Morgan fingerprint density at radius 1 is 0.667 bits per heavy atom. The molecule has 0 bridgehead atoms. The van der Waals surface area contributed by atoms with E-state index in [1.807, 2.05) is 0 Å². The lowest BCUT2D eigenvalue weighted by atomic mass is 9.95. The van der Waals surface area contributed by atoms with Crippen LogP contribution >= 0.6 is 0 Å². The standard InChI is InChI=1S/C23H43N/c1-3-5-7-9-10-11-12-13-14-15-17-19-21-23(22-24)20-18-16-8-6-4-2/h5,7,23H,3-4,6,8-21H2,1-2H3. The first-order valence-corrected chi connectivity index (χ1v) is 10.9. The molecule has 0 radical (unpaired) electrons. The maximum absolute atomic E-state index is 9.25. The number of unbranched alkanes of at least 4 members (excludes halogenated alkanes) is 12. The van der Waals surface area contributed by atoms with Crippen molar-refractivity contribution < 1.29 is 0 Å². The Bertz CT molecular complexity index is 300. The Hall–Kier alpha value is -0.770. The van der Waals surface area contributed by atoms with Gasteiger partial charge in [-0.2, -0.15) is 5.26 Å². The Morgan fingerprint density at radius 3 is 1.67 bits per heavy atom. The molecule has 0 aromatic carbocycles. The van der Waals surface area contributed by atoms with Gasteiger partial charge in [-0.05, 0) is 32.1 Å². The molecule has 0 saturated carbocycles. The van der Waals surface area contributed by atoms with E-state index in [1.165, 1.54) is 96.3 Å². The summed E-state index contributed by atoms with van der Waals surface area (Å²) in [6, 6.07) is 2.53. The van der Waals surface area contributed by atoms with Crippen LogP contribution in [-0.2, 0) is 0 Å². The molecule has 0 aromatic rings. The zero-order chi connectivity index (χ0) is 17.7. The summed E-state index contributed by atoms with van der Waals surface area (Å²) in [6.45, 7) is 4.45. The fraction of sp³-hybridized carbons (Fsp3) is 0.870. The van der Waals surface area contributed by atoms with Gasteiger partial charge in [-0.15, -0.1) is 0 Å². The molecule has 0 aliphatic rings. The second-order valence-corrected chi connectivity index (χ2v) is 7.31. The minimum atomic E-state index is 0.322. The van der Waals surface area contributed by atoms with E-state index in [1.54, 1.807) is 0 Å². The van der Waals surface area contributed by atoms with Gasteiger partial charge in [0.1, 0.15) is 0 Å². The molecule has 1 nitrogen and oxygen atoms in total. The molecule has 0 aromatic heterocycles. The van der Waals surface area contributed by atoms with Gasteiger partial charge in [0.05, 0.1) is 6.07 Å². The van der Waals surface area contributed by atoms with Gasteiger partial charge in [-0.1, -0.05) is 103 Å². The highest BCUT2D eigenvalue weighted by Crippen LogP contribution is 2.18. The first-order valence-electron chi connectivity index (χ1n) is 10.9. The lowest BCUT2D eigenvalue weighted by Crippen LogP contribution is -1.97. The molecule has 0 saturated heterocycles. The molecule has 0 spiro atoms. The second-order valence-electron chi connectivity index (χ2n) is 7.31. The monoisotopic (exact) mass is 333 g/mol. The van der Waals surface area contributed by atoms with Gasteiger partial charge in [0.2, 0.25) is 0 Å². The van der Waals surface area contributed by atoms with Crippen LogP contribution in [0.25, 0.3) is 0 Å². The van der Waals surface area contributed by atoms with Crippen molar-refractivity contribution in [3.05, 3.63) is 12.2 Å². The summed E-state index contributed by atoms with van der Waals surface area (Å²) in [5, 5.41) is 9.25. The van der Waals surface area contributed by atoms with Gasteiger partial charge < -0.3 is 0 Å². The van der Waals surface area contributed by atoms with Gasteiger partial charge in [-0.25, -0.2) is 0 Å². The Morgan fingerprint density at radius 2 is 1.17 bits per heavy atom. The summed E-state index contributed by atoms with van der Waals surface area (Å²) in [4.78, 5) is 0. The van der Waals surface area contributed by atoms with Crippen molar-refractivity contribution in [1.82, 2.24) is 0 Å². The average Bonchev–Trinajstić information content (AvgIpc) is 2.60. The van der Waals surface area contributed by atoms with E-state index in [4.69, 9.17) is 0 Å². The normalized spacial score (nSPS) is 12.5. The highest BCUT2D eigenvalue weighted by molar-refractivity contribution is 4.82. The summed E-state index contributed by atoms with van der Waals surface area (Å²) in [5.74, 6) is 0.322. The summed E-state index contributed by atoms with van der Waals surface area (Å²) in [6.07, 6.45) is 26.8. The van der Waals surface area contributed by atoms with Gasteiger partial charge in [0, 0.05) is 5.92 Å². The first kappa shape index (κ1) is 23.2. The smallest absolute Gasteiger partial charge is 0.0655 e. The predicted molar refractivity (Wildman–Crippen MR) is 108 cm³/mol. The highest BCUT2D eigenvalue weighted by Gasteiger charge is 2.06. The van der Waals surface area contributed by atoms with E-state index >= 15 is 0 Å². The van der Waals surface area contributed by atoms with Crippen LogP contribution < -0.4 is 0 Å². The van der Waals surface area contributed by atoms with Crippen molar-refractivity contribution in [3.8, 4) is 6.07 Å². The fourth-order valence-corrected chi connectivity index (χ4v) is 3.27. The summed E-state index contributed by atoms with van der Waals surface area (Å²) in [7, 11) is 0. The van der Waals surface area contributed by atoms with Crippen LogP contribution in [0.5, 0.6) is 0 Å². The molecule has 140 valence electrons. The molecule has 1 heteroatoms. The van der Waals surface area contributed by atoms with Gasteiger partial charge in [0.15, 0.2) is 0 Å². The zero-order valence-corrected chi connectivity index (χ0v) is 16.7. The molecule has 0 fully saturated rings. The van der Waals surface area contributed by atoms with Crippen LogP contribution in [0.2, 0.25) is 0 Å². The Kier molecular flexibility index (Phi) is 19.6.